The average Bonchev–Trinajstić information content (AvgIpc) is 2.70. The van der Waals surface area contributed by atoms with Gasteiger partial charge in [-0.05, 0) is 37.3 Å². The highest BCUT2D eigenvalue weighted by Gasteiger charge is 2.23. The molecule has 2 N–H and O–H groups in total. The molecule has 0 aromatic heterocycles. The molecule has 0 unspecified atom stereocenters. The molecular weight excluding hydrogens is 394 g/mol. The van der Waals surface area contributed by atoms with Crippen LogP contribution >= 0.6 is 0 Å². The normalized spacial score (nSPS) is 11.0. The molecule has 0 amide bonds. The van der Waals surface area contributed by atoms with Crippen LogP contribution in [0.3, 0.4) is 0 Å². The van der Waals surface area contributed by atoms with E-state index in [0.717, 1.165) is 29.4 Å². The molecule has 0 spiro atoms. The standard InChI is InChI=1S/C20H19N3O5S/c1-14-7-9-15(10-8-14)21-17-5-3-4-6-18(17)22-29(26,27)20-12-11-16(23(24)25)13-19(20)28-2/h3-13,21-22H,1-2H3. The van der Waals surface area contributed by atoms with Crippen molar-refractivity contribution in [1.29, 1.82) is 0 Å². The molecule has 0 aliphatic rings. The predicted molar refractivity (Wildman–Crippen MR) is 111 cm³/mol. The number of non-ortho nitro benzene ring substituents is 1. The smallest absolute Gasteiger partial charge is 0.273 e. The van der Waals surface area contributed by atoms with Gasteiger partial charge in [0.05, 0.1) is 29.5 Å². The molecule has 9 heteroatoms. The summed E-state index contributed by atoms with van der Waals surface area (Å²) in [6, 6.07) is 17.8. The molecule has 0 saturated heterocycles. The molecule has 0 aliphatic heterocycles. The van der Waals surface area contributed by atoms with E-state index in [2.05, 4.69) is 10.0 Å². The zero-order valence-electron chi connectivity index (χ0n) is 15.7. The molecule has 0 radical (unpaired) electrons. The Morgan fingerprint density at radius 3 is 2.24 bits per heavy atom. The van der Waals surface area contributed by atoms with Crippen LogP contribution in [0.4, 0.5) is 22.7 Å². The van der Waals surface area contributed by atoms with Crippen molar-refractivity contribution in [3.63, 3.8) is 0 Å². The molecule has 0 saturated carbocycles. The third kappa shape index (κ3) is 4.64. The molecule has 0 bridgehead atoms. The van der Waals surface area contributed by atoms with Gasteiger partial charge in [0.15, 0.2) is 0 Å². The number of para-hydroxylation sites is 2. The second-order valence-corrected chi connectivity index (χ2v) is 7.89. The Kier molecular flexibility index (Phi) is 5.69. The first-order chi connectivity index (χ1) is 13.8. The van der Waals surface area contributed by atoms with Crippen LogP contribution in [-0.4, -0.2) is 20.5 Å². The van der Waals surface area contributed by atoms with Crippen LogP contribution in [0, 0.1) is 17.0 Å². The predicted octanol–water partition coefficient (Wildman–Crippen LogP) is 4.46. The summed E-state index contributed by atoms with van der Waals surface area (Å²) in [5.74, 6) is -0.115. The quantitative estimate of drug-likeness (QED) is 0.437. The molecule has 0 heterocycles. The summed E-state index contributed by atoms with van der Waals surface area (Å²) in [6.45, 7) is 1.98. The maximum absolute atomic E-state index is 12.9. The van der Waals surface area contributed by atoms with Gasteiger partial charge < -0.3 is 10.1 Å². The number of nitro groups is 1. The zero-order chi connectivity index (χ0) is 21.0. The van der Waals surface area contributed by atoms with Crippen molar-refractivity contribution in [2.24, 2.45) is 0 Å². The average molecular weight is 413 g/mol. The van der Waals surface area contributed by atoms with Crippen molar-refractivity contribution < 1.29 is 18.1 Å². The topological polar surface area (TPSA) is 111 Å². The fourth-order valence-electron chi connectivity index (χ4n) is 2.67. The van der Waals surface area contributed by atoms with E-state index in [1.54, 1.807) is 24.3 Å². The Hall–Kier alpha value is -3.59. The van der Waals surface area contributed by atoms with Crippen molar-refractivity contribution >= 4 is 32.8 Å². The molecule has 3 rings (SSSR count). The third-order valence-electron chi connectivity index (χ3n) is 4.15. The van der Waals surface area contributed by atoms with Crippen LogP contribution in [-0.2, 0) is 10.0 Å². The first kappa shape index (κ1) is 20.2. The number of sulfonamides is 1. The lowest BCUT2D eigenvalue weighted by atomic mass is 10.2. The second kappa shape index (κ2) is 8.19. The number of aryl methyl sites for hydroxylation is 1. The summed E-state index contributed by atoms with van der Waals surface area (Å²) in [5.41, 5.74) is 2.53. The highest BCUT2D eigenvalue weighted by atomic mass is 32.2. The number of nitro benzene ring substituents is 1. The highest BCUT2D eigenvalue weighted by Crippen LogP contribution is 2.32. The van der Waals surface area contributed by atoms with E-state index in [1.165, 1.54) is 7.11 Å². The summed E-state index contributed by atoms with van der Waals surface area (Å²) in [5, 5.41) is 14.1. The highest BCUT2D eigenvalue weighted by molar-refractivity contribution is 7.92. The monoisotopic (exact) mass is 413 g/mol. The number of rotatable bonds is 7. The van der Waals surface area contributed by atoms with Gasteiger partial charge in [0.25, 0.3) is 15.7 Å². The van der Waals surface area contributed by atoms with E-state index in [0.29, 0.717) is 11.4 Å². The molecule has 29 heavy (non-hydrogen) atoms. The molecule has 0 fully saturated rings. The number of ether oxygens (including phenoxy) is 1. The molecule has 0 aliphatic carbocycles. The first-order valence-corrected chi connectivity index (χ1v) is 10.1. The Morgan fingerprint density at radius 1 is 0.966 bits per heavy atom. The van der Waals surface area contributed by atoms with Crippen LogP contribution in [0.15, 0.2) is 71.6 Å². The number of hydrogen-bond donors (Lipinski definition) is 2. The van der Waals surface area contributed by atoms with Crippen molar-refractivity contribution in [3.8, 4) is 5.75 Å². The lowest BCUT2D eigenvalue weighted by Crippen LogP contribution is -2.15. The number of anilines is 3. The van der Waals surface area contributed by atoms with Gasteiger partial charge in [-0.25, -0.2) is 8.42 Å². The van der Waals surface area contributed by atoms with E-state index in [4.69, 9.17) is 4.74 Å². The molecular formula is C20H19N3O5S. The maximum Gasteiger partial charge on any atom is 0.273 e. The minimum Gasteiger partial charge on any atom is -0.495 e. The Balaban J connectivity index is 1.93. The molecule has 3 aromatic rings. The minimum atomic E-state index is -4.06. The minimum absolute atomic E-state index is 0.115. The summed E-state index contributed by atoms with van der Waals surface area (Å²) in [7, 11) is -2.80. The van der Waals surface area contributed by atoms with E-state index in [-0.39, 0.29) is 16.3 Å². The molecule has 8 nitrogen and oxygen atoms in total. The second-order valence-electron chi connectivity index (χ2n) is 6.23. The first-order valence-electron chi connectivity index (χ1n) is 8.58. The van der Waals surface area contributed by atoms with E-state index in [9.17, 15) is 18.5 Å². The van der Waals surface area contributed by atoms with Crippen molar-refractivity contribution in [3.05, 3.63) is 82.4 Å². The summed E-state index contributed by atoms with van der Waals surface area (Å²) < 4.78 is 33.4. The van der Waals surface area contributed by atoms with Gasteiger partial charge in [0, 0.05) is 11.8 Å². The van der Waals surface area contributed by atoms with Crippen molar-refractivity contribution in [2.75, 3.05) is 17.1 Å². The summed E-state index contributed by atoms with van der Waals surface area (Å²) >= 11 is 0. The van der Waals surface area contributed by atoms with Crippen molar-refractivity contribution in [2.45, 2.75) is 11.8 Å². The maximum atomic E-state index is 12.9. The lowest BCUT2D eigenvalue weighted by molar-refractivity contribution is -0.385. The van der Waals surface area contributed by atoms with Crippen LogP contribution in [0.2, 0.25) is 0 Å². The van der Waals surface area contributed by atoms with Crippen LogP contribution in [0.1, 0.15) is 5.56 Å². The van der Waals surface area contributed by atoms with Crippen LogP contribution in [0.5, 0.6) is 5.75 Å². The molecule has 0 atom stereocenters. The van der Waals surface area contributed by atoms with E-state index >= 15 is 0 Å². The number of nitrogens with zero attached hydrogens (tertiary/aromatic N) is 1. The molecule has 150 valence electrons. The zero-order valence-corrected chi connectivity index (χ0v) is 16.6. The number of nitrogens with one attached hydrogen (secondary N) is 2. The third-order valence-corrected chi connectivity index (χ3v) is 5.55. The Bertz CT molecular complexity index is 1150. The van der Waals surface area contributed by atoms with Gasteiger partial charge in [-0.3, -0.25) is 14.8 Å². The van der Waals surface area contributed by atoms with Crippen LogP contribution in [0.25, 0.3) is 0 Å². The lowest BCUT2D eigenvalue weighted by Gasteiger charge is -2.15. The fourth-order valence-corrected chi connectivity index (χ4v) is 3.90. The SMILES string of the molecule is COc1cc([N+](=O)[O-])ccc1S(=O)(=O)Nc1ccccc1Nc1ccc(C)cc1. The van der Waals surface area contributed by atoms with Gasteiger partial charge in [-0.1, -0.05) is 29.8 Å². The fraction of sp³-hybridized carbons (Fsp3) is 0.100. The Morgan fingerprint density at radius 2 is 1.62 bits per heavy atom. The van der Waals surface area contributed by atoms with Gasteiger partial charge in [-0.2, -0.15) is 0 Å². The summed E-state index contributed by atoms with van der Waals surface area (Å²) in [4.78, 5) is 10.1. The largest absolute Gasteiger partial charge is 0.495 e. The van der Waals surface area contributed by atoms with E-state index in [1.807, 2.05) is 31.2 Å². The van der Waals surface area contributed by atoms with Crippen molar-refractivity contribution in [1.82, 2.24) is 0 Å². The van der Waals surface area contributed by atoms with Gasteiger partial charge in [-0.15, -0.1) is 0 Å². The summed E-state index contributed by atoms with van der Waals surface area (Å²) in [6.07, 6.45) is 0. The Labute approximate surface area is 168 Å². The molecule has 3 aromatic carbocycles. The van der Waals surface area contributed by atoms with Gasteiger partial charge >= 0.3 is 0 Å². The number of benzene rings is 3. The number of hydrogen-bond acceptors (Lipinski definition) is 6. The van der Waals surface area contributed by atoms with Crippen LogP contribution < -0.4 is 14.8 Å². The van der Waals surface area contributed by atoms with E-state index < -0.39 is 14.9 Å². The number of methoxy groups -OCH3 is 1. The van der Waals surface area contributed by atoms with Gasteiger partial charge in [0.2, 0.25) is 0 Å². The van der Waals surface area contributed by atoms with Gasteiger partial charge in [0.1, 0.15) is 10.6 Å².